The summed E-state index contributed by atoms with van der Waals surface area (Å²) in [5.41, 5.74) is -1.17. The van der Waals surface area contributed by atoms with Gasteiger partial charge in [-0.15, -0.1) is 0 Å². The molecule has 368 valence electrons. The maximum Gasteiger partial charge on any atom is 0.308 e. The molecule has 0 heterocycles. The summed E-state index contributed by atoms with van der Waals surface area (Å²) in [6.45, 7) is 10.6. The average molecular weight is 977 g/mol. The minimum atomic E-state index is -1.17. The minimum Gasteiger partial charge on any atom is -0.449 e. The van der Waals surface area contributed by atoms with E-state index in [2.05, 4.69) is 0 Å². The Morgan fingerprint density at radius 1 is 0.229 bits per heavy atom. The first-order valence-electron chi connectivity index (χ1n) is 19.8. The van der Waals surface area contributed by atoms with Crippen LogP contribution in [-0.2, 0) is 52.7 Å². The monoisotopic (exact) mass is 976 g/mol. The van der Waals surface area contributed by atoms with Gasteiger partial charge in [-0.2, -0.15) is 0 Å². The van der Waals surface area contributed by atoms with Crippen molar-refractivity contribution in [2.45, 2.75) is 76.2 Å². The van der Waals surface area contributed by atoms with Crippen LogP contribution in [0.4, 0.5) is 0 Å². The van der Waals surface area contributed by atoms with E-state index in [0.29, 0.717) is 0 Å². The molecule has 0 unspecified atom stereocenters. The summed E-state index contributed by atoms with van der Waals surface area (Å²) in [7, 11) is 0. The molecule has 24 heteroatoms. The number of esters is 11. The van der Waals surface area contributed by atoms with Gasteiger partial charge in [-0.3, -0.25) is 52.7 Å². The largest absolute Gasteiger partial charge is 0.449 e. The van der Waals surface area contributed by atoms with Gasteiger partial charge in [0, 0.05) is 119 Å². The van der Waals surface area contributed by atoms with Crippen LogP contribution in [0.2, 0.25) is 0 Å². The summed E-state index contributed by atoms with van der Waals surface area (Å²) in [5.74, 6) is -20.4. The van der Waals surface area contributed by atoms with Crippen LogP contribution >= 0.6 is 0 Å². The fraction of sp³-hybridized carbons (Fsp3) is 0.239. The van der Waals surface area contributed by atoms with Gasteiger partial charge in [-0.25, -0.2) is 0 Å². The molecule has 4 aromatic rings. The molecule has 0 aromatic heterocycles. The Morgan fingerprint density at radius 2 is 0.500 bits per heavy atom. The lowest BCUT2D eigenvalue weighted by Crippen LogP contribution is -2.13. The van der Waals surface area contributed by atoms with Crippen molar-refractivity contribution in [3.63, 3.8) is 0 Å². The first kappa shape index (κ1) is 53.3. The van der Waals surface area contributed by atoms with Gasteiger partial charge in [-0.05, 0) is 0 Å². The molecule has 4 aromatic carbocycles. The van der Waals surface area contributed by atoms with Gasteiger partial charge in [0.2, 0.25) is 17.2 Å². The fourth-order valence-corrected chi connectivity index (χ4v) is 5.87. The molecule has 0 aliphatic heterocycles. The van der Waals surface area contributed by atoms with Gasteiger partial charge in [0.1, 0.15) is 34.5 Å². The van der Waals surface area contributed by atoms with Crippen molar-refractivity contribution in [1.82, 2.24) is 0 Å². The maximum absolute atomic E-state index is 13.2. The van der Waals surface area contributed by atoms with Gasteiger partial charge < -0.3 is 61.6 Å². The van der Waals surface area contributed by atoms with Gasteiger partial charge in [0.05, 0.1) is 11.1 Å². The highest BCUT2D eigenvalue weighted by Gasteiger charge is 2.35. The second kappa shape index (κ2) is 22.9. The first-order chi connectivity index (χ1) is 32.7. The number of carbonyl (C=O) groups is 11. The summed E-state index contributed by atoms with van der Waals surface area (Å²) >= 11 is 0. The summed E-state index contributed by atoms with van der Waals surface area (Å²) in [5, 5.41) is 0. The minimum absolute atomic E-state index is 0.364. The Hall–Kier alpha value is -9.35. The lowest BCUT2D eigenvalue weighted by molar-refractivity contribution is -0.135. The Kier molecular flexibility index (Phi) is 17.4. The summed E-state index contributed by atoms with van der Waals surface area (Å²) in [4.78, 5) is 138. The molecule has 0 spiro atoms. The molecule has 0 amide bonds. The zero-order chi connectivity index (χ0) is 52.3. The average Bonchev–Trinajstić information content (AvgIpc) is 3.17. The quantitative estimate of drug-likeness (QED) is 0.0902. The van der Waals surface area contributed by atoms with E-state index >= 15 is 0 Å². The third-order valence-corrected chi connectivity index (χ3v) is 7.67. The standard InChI is InChI=1S/C46H40O24/c1-19(47)58-30-12-33(60-21(3)49)41(34(13-30)61-22(4)50)42-35(62-23(5)51)18-40(66-27(9)55)45(46(42)68-29(11)57)70-39-15-31(59-20(2)48)14-38(65-26(8)54)44(39)69-32-16-36(63-24(6)52)43(67-28(10)56)37(17-32)64-25(7)53/h12-18H,1-11H3. The predicted molar refractivity (Wildman–Crippen MR) is 229 cm³/mol. The zero-order valence-electron chi connectivity index (χ0n) is 38.8. The molecule has 70 heavy (non-hydrogen) atoms. The highest BCUT2D eigenvalue weighted by Crippen LogP contribution is 2.58. The second-order valence-electron chi connectivity index (χ2n) is 13.9. The van der Waals surface area contributed by atoms with Crippen molar-refractivity contribution in [2.24, 2.45) is 0 Å². The molecule has 0 aliphatic rings. The SMILES string of the molecule is CC(=O)Oc1cc(OC(C)=O)c(Oc2cc(OC(C)=O)c(OC(C)=O)c(OC(C)=O)c2)c(Oc2c(OC(C)=O)cc(OC(C)=O)c(-c3c(OC(C)=O)cc(OC(C)=O)cc3OC(C)=O)c2OC(C)=O)c1. The second-order valence-corrected chi connectivity index (χ2v) is 13.9. The van der Waals surface area contributed by atoms with Crippen LogP contribution in [0.25, 0.3) is 11.1 Å². The van der Waals surface area contributed by atoms with Crippen molar-refractivity contribution in [1.29, 1.82) is 0 Å². The van der Waals surface area contributed by atoms with Crippen LogP contribution in [0.1, 0.15) is 76.2 Å². The number of hydrogen-bond acceptors (Lipinski definition) is 24. The van der Waals surface area contributed by atoms with E-state index in [1.54, 1.807) is 0 Å². The Balaban J connectivity index is 2.31. The van der Waals surface area contributed by atoms with E-state index in [4.69, 9.17) is 61.6 Å². The summed E-state index contributed by atoms with van der Waals surface area (Å²) in [6, 6.07) is 6.62. The highest BCUT2D eigenvalue weighted by atomic mass is 16.6. The molecule has 0 fully saturated rings. The molecule has 24 nitrogen and oxygen atoms in total. The molecule has 0 radical (unpaired) electrons. The summed E-state index contributed by atoms with van der Waals surface area (Å²) < 4.78 is 71.8. The van der Waals surface area contributed by atoms with Crippen LogP contribution in [0.15, 0.2) is 42.5 Å². The Morgan fingerprint density at radius 3 is 0.871 bits per heavy atom. The lowest BCUT2D eigenvalue weighted by atomic mass is 9.99. The normalized spacial score (nSPS) is 10.3. The third kappa shape index (κ3) is 14.8. The number of hydrogen-bond donors (Lipinski definition) is 0. The maximum atomic E-state index is 13.2. The predicted octanol–water partition coefficient (Wildman–Crippen LogP) is 6.12. The van der Waals surface area contributed by atoms with Crippen molar-refractivity contribution >= 4 is 65.7 Å². The van der Waals surface area contributed by atoms with E-state index in [9.17, 15) is 52.7 Å². The molecule has 0 atom stereocenters. The first-order valence-corrected chi connectivity index (χ1v) is 19.8. The number of carbonyl (C=O) groups excluding carboxylic acids is 11. The van der Waals surface area contributed by atoms with Gasteiger partial charge in [0.25, 0.3) is 0 Å². The van der Waals surface area contributed by atoms with Crippen molar-refractivity contribution in [3.8, 4) is 97.4 Å². The van der Waals surface area contributed by atoms with Gasteiger partial charge in [-0.1, -0.05) is 0 Å². The van der Waals surface area contributed by atoms with Crippen LogP contribution in [0, 0.1) is 0 Å². The van der Waals surface area contributed by atoms with Gasteiger partial charge in [0.15, 0.2) is 34.5 Å². The number of benzene rings is 4. The van der Waals surface area contributed by atoms with Crippen LogP contribution in [-0.4, -0.2) is 65.7 Å². The molecule has 0 saturated carbocycles. The Labute approximate surface area is 395 Å². The summed E-state index contributed by atoms with van der Waals surface area (Å²) in [6.07, 6.45) is 0. The van der Waals surface area contributed by atoms with E-state index in [1.165, 1.54) is 0 Å². The Bertz CT molecular complexity index is 2800. The molecular weight excluding hydrogens is 936 g/mol. The lowest BCUT2D eigenvalue weighted by Gasteiger charge is -2.24. The fourth-order valence-electron chi connectivity index (χ4n) is 5.87. The van der Waals surface area contributed by atoms with E-state index < -0.39 is 157 Å². The number of ether oxygens (including phenoxy) is 13. The van der Waals surface area contributed by atoms with Gasteiger partial charge >= 0.3 is 65.7 Å². The van der Waals surface area contributed by atoms with E-state index in [0.717, 1.165) is 119 Å². The van der Waals surface area contributed by atoms with Crippen LogP contribution in [0.5, 0.6) is 86.2 Å². The van der Waals surface area contributed by atoms with Crippen molar-refractivity contribution in [3.05, 3.63) is 42.5 Å². The molecular formula is C46H40O24. The van der Waals surface area contributed by atoms with Crippen LogP contribution in [0.3, 0.4) is 0 Å². The molecule has 4 rings (SSSR count). The third-order valence-electron chi connectivity index (χ3n) is 7.67. The van der Waals surface area contributed by atoms with E-state index in [1.807, 2.05) is 0 Å². The number of rotatable bonds is 16. The molecule has 0 aliphatic carbocycles. The van der Waals surface area contributed by atoms with Crippen molar-refractivity contribution in [2.75, 3.05) is 0 Å². The van der Waals surface area contributed by atoms with Crippen LogP contribution < -0.4 is 61.6 Å². The topological polar surface area (TPSA) is 308 Å². The van der Waals surface area contributed by atoms with Crippen molar-refractivity contribution < 1.29 is 114 Å². The smallest absolute Gasteiger partial charge is 0.308 e. The molecule has 0 saturated heterocycles. The van der Waals surface area contributed by atoms with E-state index in [-0.39, 0.29) is 5.75 Å². The molecule has 0 bridgehead atoms. The molecule has 0 N–H and O–H groups in total. The highest BCUT2D eigenvalue weighted by molar-refractivity contribution is 5.95. The zero-order valence-corrected chi connectivity index (χ0v) is 38.8.